The van der Waals surface area contributed by atoms with Gasteiger partial charge in [0.25, 0.3) is 0 Å². The predicted molar refractivity (Wildman–Crippen MR) is 104 cm³/mol. The topological polar surface area (TPSA) is 50.8 Å². The van der Waals surface area contributed by atoms with Crippen LogP contribution in [0.2, 0.25) is 5.02 Å². The number of hydrogen-bond donors (Lipinski definition) is 1. The van der Waals surface area contributed by atoms with E-state index in [-0.39, 0.29) is 5.91 Å². The minimum atomic E-state index is -0.103. The lowest BCUT2D eigenvalue weighted by molar-refractivity contribution is -0.116. The predicted octanol–water partition coefficient (Wildman–Crippen LogP) is 3.22. The maximum atomic E-state index is 12.1. The van der Waals surface area contributed by atoms with Crippen LogP contribution in [0.5, 0.6) is 11.5 Å². The minimum absolute atomic E-state index is 0.103. The van der Waals surface area contributed by atoms with E-state index in [1.54, 1.807) is 12.1 Å². The first-order valence-corrected chi connectivity index (χ1v) is 9.66. The molecule has 1 N–H and O–H groups in total. The maximum absolute atomic E-state index is 12.1. The molecule has 6 heteroatoms. The van der Waals surface area contributed by atoms with Crippen LogP contribution < -0.4 is 14.8 Å². The van der Waals surface area contributed by atoms with E-state index in [0.29, 0.717) is 36.3 Å². The first-order chi connectivity index (χ1) is 12.5. The van der Waals surface area contributed by atoms with E-state index in [4.69, 9.17) is 21.1 Å². The number of ether oxygens (including phenoxy) is 2. The Kier molecular flexibility index (Phi) is 6.43. The summed E-state index contributed by atoms with van der Waals surface area (Å²) in [6.45, 7) is 9.38. The van der Waals surface area contributed by atoms with Crippen molar-refractivity contribution in [1.29, 1.82) is 0 Å². The lowest BCUT2D eigenvalue weighted by atomic mass is 9.92. The number of piperidine rings is 1. The fourth-order valence-corrected chi connectivity index (χ4v) is 4.04. The van der Waals surface area contributed by atoms with Crippen molar-refractivity contribution in [1.82, 2.24) is 10.2 Å². The maximum Gasteiger partial charge on any atom is 0.244 e. The highest BCUT2D eigenvalue weighted by atomic mass is 35.5. The summed E-state index contributed by atoms with van der Waals surface area (Å²) in [5.74, 6) is 2.55. The highest BCUT2D eigenvalue weighted by molar-refractivity contribution is 6.32. The average Bonchev–Trinajstić information content (AvgIpc) is 2.59. The number of amides is 1. The Hall–Kier alpha value is -1.72. The molecule has 142 valence electrons. The first kappa shape index (κ1) is 19.1. The Morgan fingerprint density at radius 2 is 2.00 bits per heavy atom. The number of fused-ring (bicyclic) bond motifs is 1. The molecular formula is C20H27ClN2O3. The Bertz CT molecular complexity index is 667. The number of nitrogens with zero attached hydrogens (tertiary/aromatic N) is 1. The van der Waals surface area contributed by atoms with Crippen molar-refractivity contribution >= 4 is 23.6 Å². The van der Waals surface area contributed by atoms with Crippen LogP contribution in [0.3, 0.4) is 0 Å². The van der Waals surface area contributed by atoms with Crippen molar-refractivity contribution in [2.24, 2.45) is 11.8 Å². The van der Waals surface area contributed by atoms with Crippen molar-refractivity contribution in [2.75, 3.05) is 39.4 Å². The molecule has 0 spiro atoms. The summed E-state index contributed by atoms with van der Waals surface area (Å²) in [5.41, 5.74) is 0.813. The summed E-state index contributed by atoms with van der Waals surface area (Å²) in [4.78, 5) is 14.5. The summed E-state index contributed by atoms with van der Waals surface area (Å²) in [7, 11) is 0. The van der Waals surface area contributed by atoms with Crippen molar-refractivity contribution in [3.63, 3.8) is 0 Å². The summed E-state index contributed by atoms with van der Waals surface area (Å²) in [6, 6.07) is 3.61. The number of likely N-dealkylation sites (tertiary alicyclic amines) is 1. The van der Waals surface area contributed by atoms with Crippen LogP contribution in [0.4, 0.5) is 0 Å². The molecule has 0 aliphatic carbocycles. The Labute approximate surface area is 160 Å². The van der Waals surface area contributed by atoms with Gasteiger partial charge >= 0.3 is 0 Å². The fraction of sp³-hybridized carbons (Fsp3) is 0.550. The van der Waals surface area contributed by atoms with Gasteiger partial charge in [0, 0.05) is 32.3 Å². The SMILES string of the molecule is CC1CC(C)CN(CCNC(=O)/C=C/c2cc(Cl)c3c(c2)OCCO3)C1. The molecule has 2 heterocycles. The van der Waals surface area contributed by atoms with Crippen molar-refractivity contribution in [3.8, 4) is 11.5 Å². The van der Waals surface area contributed by atoms with Crippen molar-refractivity contribution in [3.05, 3.63) is 28.8 Å². The second-order valence-corrected chi connectivity index (χ2v) is 7.76. The summed E-state index contributed by atoms with van der Waals surface area (Å²) < 4.78 is 11.0. The number of benzene rings is 1. The van der Waals surface area contributed by atoms with E-state index >= 15 is 0 Å². The zero-order valence-electron chi connectivity index (χ0n) is 15.5. The van der Waals surface area contributed by atoms with E-state index in [1.807, 2.05) is 6.07 Å². The molecule has 1 aromatic carbocycles. The van der Waals surface area contributed by atoms with Gasteiger partial charge in [-0.2, -0.15) is 0 Å². The van der Waals surface area contributed by atoms with Gasteiger partial charge in [-0.25, -0.2) is 0 Å². The van der Waals surface area contributed by atoms with Crippen LogP contribution in [0.1, 0.15) is 25.8 Å². The molecule has 0 radical (unpaired) electrons. The quantitative estimate of drug-likeness (QED) is 0.799. The molecule has 1 fully saturated rings. The molecule has 0 saturated carbocycles. The molecule has 1 amide bonds. The number of hydrogen-bond acceptors (Lipinski definition) is 4. The fourth-order valence-electron chi connectivity index (χ4n) is 3.77. The number of halogens is 1. The van der Waals surface area contributed by atoms with Gasteiger partial charge in [0.2, 0.25) is 5.91 Å². The Morgan fingerprint density at radius 1 is 1.27 bits per heavy atom. The molecule has 0 aromatic heterocycles. The van der Waals surface area contributed by atoms with Gasteiger partial charge in [-0.15, -0.1) is 0 Å². The van der Waals surface area contributed by atoms with Crippen LogP contribution in [0.25, 0.3) is 6.08 Å². The Balaban J connectivity index is 1.48. The van der Waals surface area contributed by atoms with Crippen LogP contribution in [0, 0.1) is 11.8 Å². The number of carbonyl (C=O) groups excluding carboxylic acids is 1. The Morgan fingerprint density at radius 3 is 2.77 bits per heavy atom. The second kappa shape index (κ2) is 8.78. The molecule has 26 heavy (non-hydrogen) atoms. The van der Waals surface area contributed by atoms with Gasteiger partial charge in [0.1, 0.15) is 13.2 Å². The zero-order valence-corrected chi connectivity index (χ0v) is 16.2. The van der Waals surface area contributed by atoms with Crippen LogP contribution >= 0.6 is 11.6 Å². The van der Waals surface area contributed by atoms with E-state index in [2.05, 4.69) is 24.1 Å². The summed E-state index contributed by atoms with van der Waals surface area (Å²) >= 11 is 6.21. The average molecular weight is 379 g/mol. The lowest BCUT2D eigenvalue weighted by Gasteiger charge is -2.34. The van der Waals surface area contributed by atoms with E-state index in [1.165, 1.54) is 12.5 Å². The van der Waals surface area contributed by atoms with Crippen molar-refractivity contribution in [2.45, 2.75) is 20.3 Å². The highest BCUT2D eigenvalue weighted by Gasteiger charge is 2.21. The molecule has 1 aromatic rings. The third kappa shape index (κ3) is 5.15. The van der Waals surface area contributed by atoms with Crippen LogP contribution in [-0.2, 0) is 4.79 Å². The van der Waals surface area contributed by atoms with E-state index in [9.17, 15) is 4.79 Å². The van der Waals surface area contributed by atoms with Crippen LogP contribution in [-0.4, -0.2) is 50.2 Å². The van der Waals surface area contributed by atoms with Gasteiger partial charge in [-0.05, 0) is 42.0 Å². The monoisotopic (exact) mass is 378 g/mol. The third-order valence-electron chi connectivity index (χ3n) is 4.72. The van der Waals surface area contributed by atoms with Gasteiger partial charge in [0.05, 0.1) is 5.02 Å². The highest BCUT2D eigenvalue weighted by Crippen LogP contribution is 2.38. The first-order valence-electron chi connectivity index (χ1n) is 9.28. The molecule has 2 atom stereocenters. The minimum Gasteiger partial charge on any atom is -0.486 e. The largest absolute Gasteiger partial charge is 0.486 e. The molecule has 5 nitrogen and oxygen atoms in total. The van der Waals surface area contributed by atoms with Gasteiger partial charge in [-0.3, -0.25) is 4.79 Å². The molecule has 2 unspecified atom stereocenters. The number of nitrogens with one attached hydrogen (secondary N) is 1. The number of rotatable bonds is 5. The molecule has 3 rings (SSSR count). The van der Waals surface area contributed by atoms with Gasteiger partial charge < -0.3 is 19.7 Å². The summed E-state index contributed by atoms with van der Waals surface area (Å²) in [5, 5.41) is 3.45. The summed E-state index contributed by atoms with van der Waals surface area (Å²) in [6.07, 6.45) is 4.57. The molecular weight excluding hydrogens is 352 g/mol. The third-order valence-corrected chi connectivity index (χ3v) is 5.00. The molecule has 1 saturated heterocycles. The number of carbonyl (C=O) groups is 1. The zero-order chi connectivity index (χ0) is 18.5. The molecule has 0 bridgehead atoms. The van der Waals surface area contributed by atoms with Gasteiger partial charge in [-0.1, -0.05) is 25.4 Å². The van der Waals surface area contributed by atoms with Gasteiger partial charge in [0.15, 0.2) is 11.5 Å². The van der Waals surface area contributed by atoms with Crippen molar-refractivity contribution < 1.29 is 14.3 Å². The van der Waals surface area contributed by atoms with E-state index in [0.717, 1.165) is 37.0 Å². The second-order valence-electron chi connectivity index (χ2n) is 7.36. The molecule has 2 aliphatic heterocycles. The molecule has 2 aliphatic rings. The van der Waals surface area contributed by atoms with E-state index < -0.39 is 0 Å². The lowest BCUT2D eigenvalue weighted by Crippen LogP contribution is -2.42. The standard InChI is InChI=1S/C20H27ClN2O3/c1-14-9-15(2)13-23(12-14)6-5-22-19(24)4-3-16-10-17(21)20-18(11-16)25-7-8-26-20/h3-4,10-11,14-15H,5-9,12-13H2,1-2H3,(H,22,24)/b4-3+. The normalized spacial score (nSPS) is 23.2. The smallest absolute Gasteiger partial charge is 0.244 e. The van der Waals surface area contributed by atoms with Crippen LogP contribution in [0.15, 0.2) is 18.2 Å².